The van der Waals surface area contributed by atoms with Crippen LogP contribution in [0.5, 0.6) is 0 Å². The number of nitrogens with one attached hydrogen (secondary N) is 1. The average Bonchev–Trinajstić information content (AvgIpc) is 3.42. The number of carbonyl (C=O) groups excluding carboxylic acids is 2. The fourth-order valence-electron chi connectivity index (χ4n) is 3.46. The highest BCUT2D eigenvalue weighted by atomic mass is 79.9. The minimum absolute atomic E-state index is 0.135. The molecule has 4 aromatic rings. The molecule has 0 spiro atoms. The molecule has 0 atom stereocenters. The number of rotatable bonds is 9. The molecule has 0 bridgehead atoms. The number of esters is 1. The van der Waals surface area contributed by atoms with E-state index in [1.807, 2.05) is 0 Å². The summed E-state index contributed by atoms with van der Waals surface area (Å²) in [5.74, 6) is -1.15. The van der Waals surface area contributed by atoms with E-state index in [-0.39, 0.29) is 28.0 Å². The second kappa shape index (κ2) is 12.8. The van der Waals surface area contributed by atoms with Crippen LogP contribution < -0.4 is 20.1 Å². The monoisotopic (exact) mass is 644 g/mol. The predicted octanol–water partition coefficient (Wildman–Crippen LogP) is 2.67. The molecule has 0 radical (unpaired) electrons. The van der Waals surface area contributed by atoms with Gasteiger partial charge in [0.05, 0.1) is 27.0 Å². The maximum absolute atomic E-state index is 13.3. The van der Waals surface area contributed by atoms with Gasteiger partial charge in [-0.1, -0.05) is 28.1 Å². The number of nitro groups is 1. The molecule has 12 nitrogen and oxygen atoms in total. The smallest absolute Gasteiger partial charge is 0.333 e. The summed E-state index contributed by atoms with van der Waals surface area (Å²) in [5.41, 5.74) is 0.202. The van der Waals surface area contributed by atoms with Gasteiger partial charge in [-0.15, -0.1) is 21.5 Å². The molecule has 1 amide bonds. The van der Waals surface area contributed by atoms with Gasteiger partial charge in [-0.25, -0.2) is 4.79 Å². The summed E-state index contributed by atoms with van der Waals surface area (Å²) in [4.78, 5) is 49.9. The van der Waals surface area contributed by atoms with Gasteiger partial charge in [0.1, 0.15) is 17.5 Å². The first-order chi connectivity index (χ1) is 19.1. The minimum Gasteiger partial charge on any atom is -0.463 e. The molecule has 4 rings (SSSR count). The van der Waals surface area contributed by atoms with E-state index in [1.165, 1.54) is 18.5 Å². The molecule has 2 heterocycles. The standard InChI is InChI=1S/C25H21BrN6O6S2/c1-3-38-23(34)12-22-31(13-21(33)28-17-6-4-5-16(26)11-17)24(35)20(39-22)10-15-7-8-19(18(9-15)32(36)37)40-25-29-27-14-30(25)2/h4-12,14H,3,13H2,1-2H3,(H,28,33)/b20-10-,22-12+. The van der Waals surface area contributed by atoms with E-state index >= 15 is 0 Å². The van der Waals surface area contributed by atoms with E-state index in [0.717, 1.165) is 38.2 Å². The van der Waals surface area contributed by atoms with Crippen LogP contribution in [-0.4, -0.2) is 42.7 Å². The van der Waals surface area contributed by atoms with Crippen LogP contribution in [0.2, 0.25) is 0 Å². The summed E-state index contributed by atoms with van der Waals surface area (Å²) >= 11 is 5.39. The van der Waals surface area contributed by atoms with Gasteiger partial charge in [0.2, 0.25) is 5.91 Å². The summed E-state index contributed by atoms with van der Waals surface area (Å²) in [5, 5.41) is 22.7. The Morgan fingerprint density at radius 1 is 1.27 bits per heavy atom. The van der Waals surface area contributed by atoms with Crippen molar-refractivity contribution in [1.82, 2.24) is 19.3 Å². The Morgan fingerprint density at radius 2 is 2.08 bits per heavy atom. The van der Waals surface area contributed by atoms with Crippen LogP contribution in [0, 0.1) is 10.1 Å². The topological polar surface area (TPSA) is 151 Å². The normalized spacial score (nSPS) is 12.0. The van der Waals surface area contributed by atoms with Crippen molar-refractivity contribution in [3.8, 4) is 0 Å². The summed E-state index contributed by atoms with van der Waals surface area (Å²) in [6.07, 6.45) is 4.10. The van der Waals surface area contributed by atoms with Crippen molar-refractivity contribution in [3.63, 3.8) is 0 Å². The molecule has 15 heteroatoms. The summed E-state index contributed by atoms with van der Waals surface area (Å²) in [6.45, 7) is 1.42. The van der Waals surface area contributed by atoms with Gasteiger partial charge in [-0.3, -0.25) is 24.3 Å². The van der Waals surface area contributed by atoms with Crippen molar-refractivity contribution in [2.75, 3.05) is 11.9 Å². The minimum atomic E-state index is -0.669. The summed E-state index contributed by atoms with van der Waals surface area (Å²) in [6, 6.07) is 11.5. The Labute approximate surface area is 243 Å². The third-order valence-corrected chi connectivity index (χ3v) is 7.89. The van der Waals surface area contributed by atoms with Crippen LogP contribution in [0.4, 0.5) is 11.4 Å². The zero-order valence-electron chi connectivity index (χ0n) is 21.1. The Hall–Kier alpha value is -4.08. The van der Waals surface area contributed by atoms with Crippen molar-refractivity contribution in [2.45, 2.75) is 23.5 Å². The number of thiazole rings is 1. The van der Waals surface area contributed by atoms with Crippen molar-refractivity contribution >= 4 is 74.4 Å². The quantitative estimate of drug-likeness (QED) is 0.165. The van der Waals surface area contributed by atoms with Crippen LogP contribution in [0.3, 0.4) is 0 Å². The first-order valence-corrected chi connectivity index (χ1v) is 14.0. The predicted molar refractivity (Wildman–Crippen MR) is 153 cm³/mol. The van der Waals surface area contributed by atoms with Gasteiger partial charge in [0.15, 0.2) is 5.16 Å². The van der Waals surface area contributed by atoms with Crippen LogP contribution in [-0.2, 0) is 27.9 Å². The lowest BCUT2D eigenvalue weighted by molar-refractivity contribution is -0.387. The van der Waals surface area contributed by atoms with Gasteiger partial charge in [-0.2, -0.15) is 0 Å². The molecule has 206 valence electrons. The highest BCUT2D eigenvalue weighted by Gasteiger charge is 2.18. The van der Waals surface area contributed by atoms with Crippen molar-refractivity contribution < 1.29 is 19.2 Å². The average molecular weight is 646 g/mol. The van der Waals surface area contributed by atoms with Gasteiger partial charge >= 0.3 is 5.97 Å². The third kappa shape index (κ3) is 7.11. The highest BCUT2D eigenvalue weighted by molar-refractivity contribution is 9.10. The fraction of sp³-hybridized carbons (Fsp3) is 0.160. The molecule has 40 heavy (non-hydrogen) atoms. The number of carbonyl (C=O) groups is 2. The van der Waals surface area contributed by atoms with Gasteiger partial charge in [0, 0.05) is 23.3 Å². The van der Waals surface area contributed by atoms with E-state index in [1.54, 1.807) is 54.9 Å². The van der Waals surface area contributed by atoms with E-state index < -0.39 is 22.4 Å². The van der Waals surface area contributed by atoms with E-state index in [0.29, 0.717) is 21.3 Å². The molecule has 0 unspecified atom stereocenters. The lowest BCUT2D eigenvalue weighted by Crippen LogP contribution is -2.36. The van der Waals surface area contributed by atoms with E-state index in [2.05, 4.69) is 31.4 Å². The molecule has 0 aliphatic carbocycles. The maximum Gasteiger partial charge on any atom is 0.333 e. The molecule has 0 fully saturated rings. The molecule has 0 aliphatic rings. The van der Waals surface area contributed by atoms with Crippen molar-refractivity contribution in [1.29, 1.82) is 0 Å². The fourth-order valence-corrected chi connectivity index (χ4v) is 5.74. The number of hydrogen-bond donors (Lipinski definition) is 1. The molecule has 2 aromatic carbocycles. The zero-order valence-corrected chi connectivity index (χ0v) is 24.3. The Kier molecular flexibility index (Phi) is 9.29. The lowest BCUT2D eigenvalue weighted by atomic mass is 10.2. The molecular formula is C25H21BrN6O6S2. The van der Waals surface area contributed by atoms with Gasteiger partial charge in [0.25, 0.3) is 11.2 Å². The van der Waals surface area contributed by atoms with Crippen molar-refractivity contribution in [3.05, 3.63) is 88.5 Å². The van der Waals surface area contributed by atoms with Crippen LogP contribution in [0.15, 0.2) is 68.1 Å². The van der Waals surface area contributed by atoms with Gasteiger partial charge in [-0.05, 0) is 54.6 Å². The van der Waals surface area contributed by atoms with E-state index in [4.69, 9.17) is 4.74 Å². The van der Waals surface area contributed by atoms with Crippen LogP contribution in [0.1, 0.15) is 12.5 Å². The number of aromatic nitrogens is 4. The number of nitro benzene ring substituents is 1. The molecule has 0 aliphatic heterocycles. The Morgan fingerprint density at radius 3 is 2.75 bits per heavy atom. The Balaban J connectivity index is 1.72. The number of aryl methyl sites for hydroxylation is 1. The number of nitrogens with zero attached hydrogens (tertiary/aromatic N) is 5. The first kappa shape index (κ1) is 28.9. The number of benzene rings is 2. The number of amides is 1. The molecule has 1 N–H and O–H groups in total. The second-order valence-electron chi connectivity index (χ2n) is 8.11. The molecule has 0 saturated carbocycles. The first-order valence-electron chi connectivity index (χ1n) is 11.6. The van der Waals surface area contributed by atoms with Crippen molar-refractivity contribution in [2.24, 2.45) is 7.05 Å². The van der Waals surface area contributed by atoms with Crippen LogP contribution in [0.25, 0.3) is 12.2 Å². The number of ether oxygens (including phenoxy) is 1. The largest absolute Gasteiger partial charge is 0.463 e. The summed E-state index contributed by atoms with van der Waals surface area (Å²) < 4.78 is 8.91. The zero-order chi connectivity index (χ0) is 28.8. The van der Waals surface area contributed by atoms with Gasteiger partial charge < -0.3 is 14.6 Å². The highest BCUT2D eigenvalue weighted by Crippen LogP contribution is 2.34. The number of hydrogen-bond acceptors (Lipinski definition) is 10. The second-order valence-corrected chi connectivity index (χ2v) is 11.1. The molecule has 2 aromatic heterocycles. The van der Waals surface area contributed by atoms with E-state index in [9.17, 15) is 24.5 Å². The number of halogens is 1. The third-order valence-electron chi connectivity index (χ3n) is 5.22. The summed E-state index contributed by atoms with van der Waals surface area (Å²) in [7, 11) is 1.72. The number of anilines is 1. The molecule has 0 saturated heterocycles. The SMILES string of the molecule is CCOC(=O)/C=c1/s/c(=C\c2ccc(Sc3nncn3C)c([N+](=O)[O-])c2)c(=O)n1CC(=O)Nc1cccc(Br)c1. The molecular weight excluding hydrogens is 624 g/mol. The Bertz CT molecular complexity index is 1780. The lowest BCUT2D eigenvalue weighted by Gasteiger charge is -2.06. The van der Waals surface area contributed by atoms with Crippen LogP contribution >= 0.6 is 39.0 Å². The maximum atomic E-state index is 13.3.